The molecule has 176 valence electrons. The van der Waals surface area contributed by atoms with Crippen molar-refractivity contribution in [3.8, 4) is 0 Å². The van der Waals surface area contributed by atoms with Crippen LogP contribution in [0.3, 0.4) is 0 Å². The van der Waals surface area contributed by atoms with Gasteiger partial charge in [-0.05, 0) is 38.3 Å². The van der Waals surface area contributed by atoms with Crippen LogP contribution in [-0.4, -0.2) is 59.0 Å². The smallest absolute Gasteiger partial charge is 0.410 e. The van der Waals surface area contributed by atoms with Gasteiger partial charge in [0.25, 0.3) is 0 Å². The Morgan fingerprint density at radius 2 is 1.61 bits per heavy atom. The minimum Gasteiger partial charge on any atom is -0.444 e. The summed E-state index contributed by atoms with van der Waals surface area (Å²) in [6.45, 7) is 6.26. The first kappa shape index (κ1) is 24.3. The van der Waals surface area contributed by atoms with Crippen molar-refractivity contribution in [1.29, 1.82) is 0 Å². The molecule has 1 heterocycles. The number of benzene rings is 2. The van der Waals surface area contributed by atoms with Gasteiger partial charge in [-0.3, -0.25) is 14.5 Å². The van der Waals surface area contributed by atoms with Crippen LogP contribution in [0.15, 0.2) is 60.7 Å². The van der Waals surface area contributed by atoms with E-state index in [9.17, 15) is 14.4 Å². The predicted octanol–water partition coefficient (Wildman–Crippen LogP) is 3.38. The van der Waals surface area contributed by atoms with E-state index in [1.807, 2.05) is 60.7 Å². The molecule has 0 unspecified atom stereocenters. The first-order valence-electron chi connectivity index (χ1n) is 11.3. The highest BCUT2D eigenvalue weighted by Gasteiger charge is 2.41. The van der Waals surface area contributed by atoms with Gasteiger partial charge in [0.05, 0.1) is 0 Å². The molecule has 1 aliphatic rings. The summed E-state index contributed by atoms with van der Waals surface area (Å²) in [4.78, 5) is 41.8. The summed E-state index contributed by atoms with van der Waals surface area (Å²) >= 11 is 0. The molecule has 2 aromatic carbocycles. The molecule has 2 atom stereocenters. The molecule has 0 aromatic heterocycles. The minimum atomic E-state index is -0.741. The molecule has 3 amide bonds. The van der Waals surface area contributed by atoms with E-state index < -0.39 is 23.8 Å². The lowest BCUT2D eigenvalue weighted by Crippen LogP contribution is -2.61. The molecule has 1 saturated heterocycles. The standard InChI is InChI=1S/C26H33N3O4/c1-26(2,3)33-25(32)29-16-15-22(29)23(30)27-21(17-19-11-7-5-8-12-19)24(31)28(4)18-20-13-9-6-10-14-20/h5-14,21-22H,15-18H2,1-4H3,(H,27,30)/t21-,22-/m0/s1. The van der Waals surface area contributed by atoms with Crippen LogP contribution in [0, 0.1) is 0 Å². The quantitative estimate of drug-likeness (QED) is 0.700. The number of carbonyl (C=O) groups is 3. The van der Waals surface area contributed by atoms with E-state index >= 15 is 0 Å². The maximum absolute atomic E-state index is 13.3. The summed E-state index contributed by atoms with van der Waals surface area (Å²) in [6, 6.07) is 17.9. The van der Waals surface area contributed by atoms with Gasteiger partial charge in [-0.25, -0.2) is 4.79 Å². The molecule has 0 saturated carbocycles. The van der Waals surface area contributed by atoms with Crippen LogP contribution in [0.4, 0.5) is 4.79 Å². The number of ether oxygens (including phenoxy) is 1. The van der Waals surface area contributed by atoms with Gasteiger partial charge < -0.3 is 15.0 Å². The van der Waals surface area contributed by atoms with Gasteiger partial charge >= 0.3 is 6.09 Å². The van der Waals surface area contributed by atoms with Crippen LogP contribution in [0.1, 0.15) is 38.3 Å². The zero-order valence-corrected chi connectivity index (χ0v) is 19.8. The Hall–Kier alpha value is -3.35. The van der Waals surface area contributed by atoms with Gasteiger partial charge in [-0.2, -0.15) is 0 Å². The second kappa shape index (κ2) is 10.5. The predicted molar refractivity (Wildman–Crippen MR) is 126 cm³/mol. The van der Waals surface area contributed by atoms with E-state index in [4.69, 9.17) is 4.74 Å². The number of nitrogens with zero attached hydrogens (tertiary/aromatic N) is 2. The third-order valence-electron chi connectivity index (χ3n) is 5.49. The van der Waals surface area contributed by atoms with Gasteiger partial charge in [0.2, 0.25) is 11.8 Å². The summed E-state index contributed by atoms with van der Waals surface area (Å²) in [5, 5.41) is 2.90. The Balaban J connectivity index is 1.70. The maximum atomic E-state index is 13.3. The molecule has 7 heteroatoms. The number of amides is 3. The number of rotatable bonds is 7. The molecule has 7 nitrogen and oxygen atoms in total. The zero-order valence-electron chi connectivity index (χ0n) is 19.8. The van der Waals surface area contributed by atoms with E-state index in [1.165, 1.54) is 4.90 Å². The molecule has 0 bridgehead atoms. The number of hydrogen-bond donors (Lipinski definition) is 1. The van der Waals surface area contributed by atoms with E-state index in [0.29, 0.717) is 25.9 Å². The van der Waals surface area contributed by atoms with Gasteiger partial charge in [-0.1, -0.05) is 60.7 Å². The van der Waals surface area contributed by atoms with Crippen molar-refractivity contribution in [2.75, 3.05) is 13.6 Å². The van der Waals surface area contributed by atoms with Gasteiger partial charge in [-0.15, -0.1) is 0 Å². The van der Waals surface area contributed by atoms with Crippen LogP contribution >= 0.6 is 0 Å². The van der Waals surface area contributed by atoms with Crippen LogP contribution in [-0.2, 0) is 27.3 Å². The molecule has 1 fully saturated rings. The summed E-state index contributed by atoms with van der Waals surface area (Å²) in [5.74, 6) is -0.520. The second-order valence-corrected chi connectivity index (χ2v) is 9.41. The molecule has 0 aliphatic carbocycles. The fourth-order valence-electron chi connectivity index (χ4n) is 3.72. The molecular formula is C26H33N3O4. The third-order valence-corrected chi connectivity index (χ3v) is 5.49. The average Bonchev–Trinajstić information content (AvgIpc) is 2.72. The monoisotopic (exact) mass is 451 g/mol. The summed E-state index contributed by atoms with van der Waals surface area (Å²) in [6.07, 6.45) is 0.391. The molecule has 2 aromatic rings. The lowest BCUT2D eigenvalue weighted by atomic mass is 10.0. The van der Waals surface area contributed by atoms with E-state index in [0.717, 1.165) is 11.1 Å². The lowest BCUT2D eigenvalue weighted by molar-refractivity contribution is -0.138. The molecule has 33 heavy (non-hydrogen) atoms. The van der Waals surface area contributed by atoms with Crippen molar-refractivity contribution in [3.05, 3.63) is 71.8 Å². The highest BCUT2D eigenvalue weighted by Crippen LogP contribution is 2.22. The number of nitrogens with one attached hydrogen (secondary N) is 1. The molecule has 1 aliphatic heterocycles. The Labute approximate surface area is 195 Å². The molecule has 3 rings (SSSR count). The van der Waals surface area contributed by atoms with Crippen LogP contribution in [0.5, 0.6) is 0 Å². The highest BCUT2D eigenvalue weighted by atomic mass is 16.6. The van der Waals surface area contributed by atoms with Crippen molar-refractivity contribution < 1.29 is 19.1 Å². The van der Waals surface area contributed by atoms with Crippen molar-refractivity contribution in [2.45, 2.75) is 57.8 Å². The van der Waals surface area contributed by atoms with Crippen molar-refractivity contribution in [1.82, 2.24) is 15.1 Å². The van der Waals surface area contributed by atoms with Crippen molar-refractivity contribution in [2.24, 2.45) is 0 Å². The third kappa shape index (κ3) is 6.81. The molecule has 1 N–H and O–H groups in total. The first-order valence-corrected chi connectivity index (χ1v) is 11.3. The largest absolute Gasteiger partial charge is 0.444 e. The zero-order chi connectivity index (χ0) is 24.0. The number of carbonyl (C=O) groups excluding carboxylic acids is 3. The lowest BCUT2D eigenvalue weighted by Gasteiger charge is -2.40. The molecule has 0 radical (unpaired) electrons. The summed E-state index contributed by atoms with van der Waals surface area (Å²) in [7, 11) is 1.73. The van der Waals surface area contributed by atoms with Crippen LogP contribution in [0.25, 0.3) is 0 Å². The highest BCUT2D eigenvalue weighted by molar-refractivity contribution is 5.92. The first-order chi connectivity index (χ1) is 15.6. The van der Waals surface area contributed by atoms with E-state index in [2.05, 4.69) is 5.32 Å². The van der Waals surface area contributed by atoms with Gasteiger partial charge in [0.15, 0.2) is 0 Å². The van der Waals surface area contributed by atoms with Gasteiger partial charge in [0, 0.05) is 26.6 Å². The molecule has 0 spiro atoms. The summed E-state index contributed by atoms with van der Waals surface area (Å²) < 4.78 is 5.41. The number of hydrogen-bond acceptors (Lipinski definition) is 4. The average molecular weight is 452 g/mol. The number of likely N-dealkylation sites (tertiary alicyclic amines) is 1. The Bertz CT molecular complexity index is 957. The van der Waals surface area contributed by atoms with Gasteiger partial charge in [0.1, 0.15) is 17.7 Å². The SMILES string of the molecule is CN(Cc1ccccc1)C(=O)[C@H](Cc1ccccc1)NC(=O)[C@@H]1CCN1C(=O)OC(C)(C)C. The van der Waals surface area contributed by atoms with Crippen LogP contribution < -0.4 is 5.32 Å². The maximum Gasteiger partial charge on any atom is 0.410 e. The topological polar surface area (TPSA) is 79.0 Å². The van der Waals surface area contributed by atoms with Crippen molar-refractivity contribution >= 4 is 17.9 Å². The minimum absolute atomic E-state index is 0.181. The van der Waals surface area contributed by atoms with E-state index in [-0.39, 0.29) is 11.8 Å². The summed E-state index contributed by atoms with van der Waals surface area (Å²) in [5.41, 5.74) is 1.31. The van der Waals surface area contributed by atoms with E-state index in [1.54, 1.807) is 32.7 Å². The number of likely N-dealkylation sites (N-methyl/N-ethyl adjacent to an activating group) is 1. The Morgan fingerprint density at radius 3 is 2.12 bits per heavy atom. The Morgan fingerprint density at radius 1 is 1.03 bits per heavy atom. The second-order valence-electron chi connectivity index (χ2n) is 9.41. The fraction of sp³-hybridized carbons (Fsp3) is 0.423. The van der Waals surface area contributed by atoms with Crippen LogP contribution in [0.2, 0.25) is 0 Å². The van der Waals surface area contributed by atoms with Crippen molar-refractivity contribution in [3.63, 3.8) is 0 Å². The normalized spacial score (nSPS) is 16.4. The fourth-order valence-corrected chi connectivity index (χ4v) is 3.72. The Kier molecular flexibility index (Phi) is 7.74. The molecular weight excluding hydrogens is 418 g/mol.